The van der Waals surface area contributed by atoms with Gasteiger partial charge in [0.25, 0.3) is 30.4 Å². The summed E-state index contributed by atoms with van der Waals surface area (Å²) >= 11 is 1.43. The van der Waals surface area contributed by atoms with E-state index in [1.54, 1.807) is 0 Å². The topological polar surface area (TPSA) is 449 Å². The summed E-state index contributed by atoms with van der Waals surface area (Å²) in [5.41, 5.74) is 0.220. The highest BCUT2D eigenvalue weighted by molar-refractivity contribution is 7.95. The number of aromatic nitrogens is 6. The molecule has 2 aromatic heterocycles. The van der Waals surface area contributed by atoms with Crippen LogP contribution >= 0.6 is 36.1 Å². The van der Waals surface area contributed by atoms with Crippen molar-refractivity contribution in [3.63, 3.8) is 0 Å². The second kappa shape index (κ2) is 25.7. The van der Waals surface area contributed by atoms with Crippen molar-refractivity contribution in [3.05, 3.63) is 96.7 Å². The van der Waals surface area contributed by atoms with Crippen LogP contribution in [0, 0.1) is 0 Å². The number of nitrogens with zero attached hydrogens (tertiary/aromatic N) is 6. The van der Waals surface area contributed by atoms with Crippen LogP contribution in [0.25, 0.3) is 12.2 Å². The average molecular weight is 1150 g/mol. The predicted molar refractivity (Wildman–Crippen MR) is 263 cm³/mol. The molecule has 0 aliphatic rings. The zero-order chi connectivity index (χ0) is 53.6. The van der Waals surface area contributed by atoms with E-state index in [2.05, 4.69) is 92.2 Å². The van der Waals surface area contributed by atoms with Crippen molar-refractivity contribution in [2.75, 3.05) is 38.4 Å². The third kappa shape index (κ3) is 16.5. The summed E-state index contributed by atoms with van der Waals surface area (Å²) in [6.07, 6.45) is 3.08. The van der Waals surface area contributed by atoms with Gasteiger partial charge >= 0.3 is 0 Å². The van der Waals surface area contributed by atoms with Crippen molar-refractivity contribution in [1.82, 2.24) is 29.9 Å². The van der Waals surface area contributed by atoms with Gasteiger partial charge in [0.2, 0.25) is 35.7 Å². The first-order chi connectivity index (χ1) is 35.1. The van der Waals surface area contributed by atoms with Crippen molar-refractivity contribution >= 4 is 137 Å². The zero-order valence-electron chi connectivity index (χ0n) is 36.8. The van der Waals surface area contributed by atoms with Crippen LogP contribution in [0.15, 0.2) is 115 Å². The van der Waals surface area contributed by atoms with Crippen molar-refractivity contribution in [3.8, 4) is 0 Å². The molecule has 37 heteroatoms. The van der Waals surface area contributed by atoms with Gasteiger partial charge in [-0.1, -0.05) is 46.0 Å². The Morgan fingerprint density at radius 2 is 1.09 bits per heavy atom. The molecule has 1 atom stereocenters. The normalized spacial score (nSPS) is 12.3. The lowest BCUT2D eigenvalue weighted by Gasteiger charge is -2.14. The van der Waals surface area contributed by atoms with Crippen LogP contribution in [-0.2, 0) is 58.5 Å². The molecule has 0 amide bonds. The van der Waals surface area contributed by atoms with Crippen LogP contribution in [0.4, 0.5) is 58.4 Å². The second-order valence-corrected chi connectivity index (χ2v) is 20.4. The summed E-state index contributed by atoms with van der Waals surface area (Å²) in [5, 5.41) is 63.7. The van der Waals surface area contributed by atoms with Crippen molar-refractivity contribution in [2.24, 2.45) is 0 Å². The van der Waals surface area contributed by atoms with E-state index in [1.165, 1.54) is 73.8 Å². The molecule has 74 heavy (non-hydrogen) atoms. The third-order valence-corrected chi connectivity index (χ3v) is 13.3. The predicted octanol–water partition coefficient (Wildman–Crippen LogP) is 6.57. The van der Waals surface area contributed by atoms with Gasteiger partial charge < -0.3 is 37.0 Å². The Hall–Kier alpha value is -6.44. The Morgan fingerprint density at radius 3 is 1.68 bits per heavy atom. The Kier molecular flexibility index (Phi) is 19.7. The number of rotatable bonds is 27. The number of nitrogens with one attached hydrogen (secondary N) is 6. The Bertz CT molecular complexity index is 3370. The molecule has 1 unspecified atom stereocenters. The van der Waals surface area contributed by atoms with Gasteiger partial charge in [-0.05, 0) is 84.9 Å². The molecule has 6 rings (SSSR count). The largest absolute Gasteiger partial charge is 0.392 e. The van der Waals surface area contributed by atoms with Gasteiger partial charge in [-0.15, -0.1) is 13.0 Å². The average Bonchev–Trinajstić information content (AvgIpc) is 3.33. The maximum atomic E-state index is 12.8. The number of aliphatic hydroxyl groups excluding tert-OH is 1. The SMILES string of the molecule is C=CNc1nc(Nc2ccc(/C=C/c3ccc(Nc4nc(NCC(C)O)nc(Nc5cc(S(=O)(=O)O)ccc5SOOO)n4)cc3S(=O)(=O)O)c(SOOO)c2)nc(Nc2cc(SOOO)ccc2S(=O)(=O)O)n1. The quantitative estimate of drug-likeness (QED) is 0.00851. The molecule has 394 valence electrons. The minimum absolute atomic E-state index is 0.00366. The van der Waals surface area contributed by atoms with E-state index in [-0.39, 0.29) is 85.2 Å². The molecule has 0 saturated heterocycles. The van der Waals surface area contributed by atoms with Crippen LogP contribution in [0.3, 0.4) is 0 Å². The van der Waals surface area contributed by atoms with Crippen LogP contribution < -0.4 is 31.9 Å². The number of hydrogen-bond donors (Lipinski definition) is 13. The summed E-state index contributed by atoms with van der Waals surface area (Å²) in [6.45, 7) is 4.98. The molecule has 31 nitrogen and oxygen atoms in total. The van der Waals surface area contributed by atoms with E-state index >= 15 is 0 Å². The summed E-state index contributed by atoms with van der Waals surface area (Å²) in [5.74, 6) is -1.20. The first-order valence-electron chi connectivity index (χ1n) is 19.7. The lowest BCUT2D eigenvalue weighted by atomic mass is 10.1. The van der Waals surface area contributed by atoms with E-state index in [1.807, 2.05) is 0 Å². The molecule has 0 spiro atoms. The highest BCUT2D eigenvalue weighted by atomic mass is 32.2. The fourth-order valence-corrected chi connectivity index (χ4v) is 8.99. The van der Waals surface area contributed by atoms with E-state index in [0.29, 0.717) is 41.7 Å². The van der Waals surface area contributed by atoms with Gasteiger partial charge in [0, 0.05) is 27.7 Å². The maximum Gasteiger partial charge on any atom is 0.296 e. The Morgan fingerprint density at radius 1 is 0.568 bits per heavy atom. The van der Waals surface area contributed by atoms with Crippen molar-refractivity contribution in [1.29, 1.82) is 0 Å². The lowest BCUT2D eigenvalue weighted by Crippen LogP contribution is -2.18. The van der Waals surface area contributed by atoms with Gasteiger partial charge in [-0.2, -0.15) is 55.2 Å². The lowest BCUT2D eigenvalue weighted by molar-refractivity contribution is -0.432. The number of aliphatic hydroxyl groups is 1. The minimum atomic E-state index is -4.97. The molecule has 0 saturated carbocycles. The first-order valence-corrected chi connectivity index (χ1v) is 26.2. The first kappa shape index (κ1) is 56.8. The Labute approximate surface area is 430 Å². The number of benzene rings is 4. The van der Waals surface area contributed by atoms with Gasteiger partial charge in [0.15, 0.2) is 0 Å². The summed E-state index contributed by atoms with van der Waals surface area (Å²) in [6, 6.07) is 14.9. The van der Waals surface area contributed by atoms with Gasteiger partial charge in [-0.25, -0.2) is 15.8 Å². The van der Waals surface area contributed by atoms with E-state index in [4.69, 9.17) is 20.1 Å². The van der Waals surface area contributed by atoms with E-state index < -0.39 is 51.1 Å². The molecule has 0 fully saturated rings. The van der Waals surface area contributed by atoms with Crippen molar-refractivity contribution in [2.45, 2.75) is 42.4 Å². The Balaban J connectivity index is 1.29. The third-order valence-electron chi connectivity index (χ3n) is 8.76. The van der Waals surface area contributed by atoms with Crippen LogP contribution in [-0.4, -0.2) is 102 Å². The molecule has 13 N–H and O–H groups in total. The van der Waals surface area contributed by atoms with Crippen LogP contribution in [0.1, 0.15) is 18.1 Å². The summed E-state index contributed by atoms with van der Waals surface area (Å²) in [4.78, 5) is 24.1. The molecule has 0 aliphatic carbocycles. The van der Waals surface area contributed by atoms with Gasteiger partial charge in [0.1, 0.15) is 9.79 Å². The molecule has 0 radical (unpaired) electrons. The van der Waals surface area contributed by atoms with E-state index in [9.17, 15) is 44.0 Å². The highest BCUT2D eigenvalue weighted by Crippen LogP contribution is 2.35. The fraction of sp³-hybridized carbons (Fsp3) is 0.0811. The molecule has 2 heterocycles. The maximum absolute atomic E-state index is 12.8. The molecular weight excluding hydrogens is 1110 g/mol. The molecular formula is C37H36N12O19S6. The standard InChI is InChI=1S/C37H36N12O19S6/c1-3-38-32-44-34(49-37(45-32)43-27-16-24(69-66-63-51)10-13-30(27)73(57,58)59)40-22-8-6-20(29(14-22)71-68-65-53)4-5-21-7-9-23(15-31(21)74(60,61)62)41-35-46-33(39-18-19(2)50)47-36(48-35)42-26-17-25(72(54,55)56)11-12-28(26)70-67-64-52/h3-17,19,50-53H,1,18H2,2H3,(H,54,55,56)(H,57,58,59)(H,60,61,62)(H3,38,40,43,44,45,49)(H3,39,41,42,46,47,48)/b5-4+. The van der Waals surface area contributed by atoms with Crippen LogP contribution in [0.5, 0.6) is 0 Å². The van der Waals surface area contributed by atoms with Crippen molar-refractivity contribution < 1.29 is 87.9 Å². The minimum Gasteiger partial charge on any atom is -0.392 e. The van der Waals surface area contributed by atoms with Gasteiger partial charge in [-0.3, -0.25) is 13.7 Å². The zero-order valence-corrected chi connectivity index (χ0v) is 41.7. The number of anilines is 10. The molecule has 6 aromatic rings. The molecule has 0 aliphatic heterocycles. The second-order valence-electron chi connectivity index (χ2n) is 13.9. The number of hydrogen-bond acceptors (Lipinski definition) is 31. The highest BCUT2D eigenvalue weighted by Gasteiger charge is 2.21. The molecule has 0 bridgehead atoms. The summed E-state index contributed by atoms with van der Waals surface area (Å²) in [7, 11) is -14.5. The fourth-order valence-electron chi connectivity index (χ4n) is 5.80. The smallest absolute Gasteiger partial charge is 0.296 e. The monoisotopic (exact) mass is 1140 g/mol. The molecule has 4 aromatic carbocycles. The summed E-state index contributed by atoms with van der Waals surface area (Å²) < 4.78 is 117. The van der Waals surface area contributed by atoms with Gasteiger partial charge in [0.05, 0.1) is 63.4 Å². The van der Waals surface area contributed by atoms with Crippen LogP contribution in [0.2, 0.25) is 0 Å². The van der Waals surface area contributed by atoms with E-state index in [0.717, 1.165) is 24.3 Å².